The number of benzene rings is 2. The molecule has 2 N–H and O–H groups in total. The third-order valence-corrected chi connectivity index (χ3v) is 7.08. The first kappa shape index (κ1) is 27.6. The van der Waals surface area contributed by atoms with Crippen LogP contribution in [0, 0.1) is 20.8 Å². The van der Waals surface area contributed by atoms with Gasteiger partial charge < -0.3 is 14.5 Å². The molecule has 0 aliphatic carbocycles. The van der Waals surface area contributed by atoms with E-state index in [1.165, 1.54) is 18.3 Å². The highest BCUT2D eigenvalue weighted by Crippen LogP contribution is 2.33. The maximum Gasteiger partial charge on any atom is 0.270 e. The van der Waals surface area contributed by atoms with Crippen molar-refractivity contribution in [3.05, 3.63) is 99.5 Å². The first-order chi connectivity index (χ1) is 18.4. The molecule has 4 rings (SSSR count). The summed E-state index contributed by atoms with van der Waals surface area (Å²) in [7, 11) is -4.47. The molecule has 39 heavy (non-hydrogen) atoms. The van der Waals surface area contributed by atoms with E-state index >= 15 is 0 Å². The monoisotopic (exact) mass is 551 g/mol. The van der Waals surface area contributed by atoms with Gasteiger partial charge in [-0.3, -0.25) is 9.59 Å². The number of nitrogens with one attached hydrogen (secondary N) is 2. The van der Waals surface area contributed by atoms with Crippen molar-refractivity contribution in [2.45, 2.75) is 45.6 Å². The van der Waals surface area contributed by atoms with Gasteiger partial charge in [0.25, 0.3) is 21.5 Å². The maximum absolute atomic E-state index is 13.2. The molecule has 1 amide bonds. The number of carbonyl (C=O) groups excluding carboxylic acids is 1. The Hall–Kier alpha value is -4.44. The van der Waals surface area contributed by atoms with E-state index in [2.05, 4.69) is 9.97 Å². The van der Waals surface area contributed by atoms with Gasteiger partial charge in [0.1, 0.15) is 17.1 Å². The third kappa shape index (κ3) is 6.35. The van der Waals surface area contributed by atoms with Crippen molar-refractivity contribution in [2.24, 2.45) is 0 Å². The number of ether oxygens (including phenoxy) is 2. The summed E-state index contributed by atoms with van der Waals surface area (Å²) in [6.07, 6.45) is 1.32. The zero-order chi connectivity index (χ0) is 28.3. The molecule has 0 saturated carbocycles. The highest BCUT2D eigenvalue weighted by atomic mass is 32.2. The zero-order valence-electron chi connectivity index (χ0n) is 22.2. The van der Waals surface area contributed by atoms with Crippen LogP contribution in [0.4, 0.5) is 0 Å². The number of H-pyrrole nitrogens is 1. The Morgan fingerprint density at radius 1 is 1.00 bits per heavy atom. The molecule has 0 radical (unpaired) electrons. The first-order valence-electron chi connectivity index (χ1n) is 12.2. The van der Waals surface area contributed by atoms with Crippen molar-refractivity contribution in [1.29, 1.82) is 0 Å². The van der Waals surface area contributed by atoms with Gasteiger partial charge in [-0.05, 0) is 94.3 Å². The summed E-state index contributed by atoms with van der Waals surface area (Å²) >= 11 is 0. The molecule has 2 heterocycles. The molecule has 10 heteroatoms. The number of sulfonamides is 1. The molecule has 0 spiro atoms. The van der Waals surface area contributed by atoms with Crippen molar-refractivity contribution >= 4 is 15.9 Å². The number of hydrogen-bond donors (Lipinski definition) is 2. The van der Waals surface area contributed by atoms with Crippen LogP contribution in [0.15, 0.2) is 76.6 Å². The average Bonchev–Trinajstić information content (AvgIpc) is 2.86. The summed E-state index contributed by atoms with van der Waals surface area (Å²) in [6.45, 7) is 9.58. The second kappa shape index (κ2) is 11.1. The van der Waals surface area contributed by atoms with Crippen molar-refractivity contribution in [3.8, 4) is 28.6 Å². The number of nitrogens with zero attached hydrogens (tertiary/aromatic N) is 1. The van der Waals surface area contributed by atoms with E-state index in [1.54, 1.807) is 6.07 Å². The lowest BCUT2D eigenvalue weighted by molar-refractivity contribution is 0.0978. The molecule has 0 aliphatic heterocycles. The Labute approximate surface area is 229 Å². The number of rotatable bonds is 8. The first-order valence-corrected chi connectivity index (χ1v) is 13.7. The van der Waals surface area contributed by atoms with Gasteiger partial charge in [0, 0.05) is 14.6 Å². The Bertz CT molecular complexity index is 1680. The van der Waals surface area contributed by atoms with Gasteiger partial charge >= 0.3 is 0 Å². The summed E-state index contributed by atoms with van der Waals surface area (Å²) in [5, 5.41) is 0. The highest BCUT2D eigenvalue weighted by molar-refractivity contribution is 7.90. The molecule has 0 fully saturated rings. The standard InChI is InChI=1S/C29H29N3O6S.2H2/c1-17(2)37-22-10-8-21(9-11-22)24-13-12-23(27(33)32-39(35,36)25-7-6-14-30-28(25)34)29(31-24)38-26-19(4)15-18(3)16-20(26)5;;/h6-17H,1-5H3,(H,30,34)(H,32,33);2*1H. The predicted molar refractivity (Wildman–Crippen MR) is 152 cm³/mol. The molecular formula is C29H33N3O6S. The van der Waals surface area contributed by atoms with E-state index in [1.807, 2.05) is 75.7 Å². The SMILES string of the molecule is Cc1cc(C)c(Oc2nc(-c3ccc(OC(C)C)cc3)ccc2C(=O)NS(=O)(=O)c2ccc[nH]c2=O)c(C)c1.[HH].[HH]. The Morgan fingerprint density at radius 2 is 1.67 bits per heavy atom. The van der Waals surface area contributed by atoms with E-state index in [4.69, 9.17) is 9.47 Å². The van der Waals surface area contributed by atoms with Gasteiger partial charge in [0.2, 0.25) is 5.88 Å². The minimum absolute atomic E-state index is 0. The molecule has 4 aromatic rings. The van der Waals surface area contributed by atoms with Gasteiger partial charge in [0.15, 0.2) is 4.90 Å². The van der Waals surface area contributed by atoms with E-state index in [9.17, 15) is 18.0 Å². The van der Waals surface area contributed by atoms with Gasteiger partial charge in [0.05, 0.1) is 11.8 Å². The largest absolute Gasteiger partial charge is 0.491 e. The smallest absolute Gasteiger partial charge is 0.270 e. The van der Waals surface area contributed by atoms with Gasteiger partial charge in [-0.15, -0.1) is 0 Å². The molecule has 206 valence electrons. The normalized spacial score (nSPS) is 11.3. The zero-order valence-corrected chi connectivity index (χ0v) is 23.0. The number of amides is 1. The molecule has 2 aromatic carbocycles. The molecular weight excluding hydrogens is 518 g/mol. The highest BCUT2D eigenvalue weighted by Gasteiger charge is 2.25. The minimum Gasteiger partial charge on any atom is -0.491 e. The molecule has 0 unspecified atom stereocenters. The van der Waals surface area contributed by atoms with Crippen molar-refractivity contribution in [2.75, 3.05) is 0 Å². The van der Waals surface area contributed by atoms with E-state index < -0.39 is 26.4 Å². The summed E-state index contributed by atoms with van der Waals surface area (Å²) in [6, 6.07) is 16.7. The van der Waals surface area contributed by atoms with Crippen LogP contribution in [0.25, 0.3) is 11.3 Å². The minimum atomic E-state index is -4.47. The van der Waals surface area contributed by atoms with Crippen LogP contribution in [-0.4, -0.2) is 30.4 Å². The molecule has 0 aliphatic rings. The van der Waals surface area contributed by atoms with Crippen molar-refractivity contribution in [1.82, 2.24) is 14.7 Å². The van der Waals surface area contributed by atoms with Crippen molar-refractivity contribution < 1.29 is 25.5 Å². The number of carbonyl (C=O) groups is 1. The van der Waals surface area contributed by atoms with Gasteiger partial charge in [-0.2, -0.15) is 0 Å². The fraction of sp³-hybridized carbons (Fsp3) is 0.207. The van der Waals surface area contributed by atoms with Crippen LogP contribution < -0.4 is 19.8 Å². The van der Waals surface area contributed by atoms with Crippen LogP contribution in [0.3, 0.4) is 0 Å². The number of aromatic nitrogens is 2. The number of aromatic amines is 1. The average molecular weight is 552 g/mol. The maximum atomic E-state index is 13.2. The second-order valence-electron chi connectivity index (χ2n) is 9.37. The molecule has 9 nitrogen and oxygen atoms in total. The molecule has 0 atom stereocenters. The Balaban J connectivity index is 0.00000294. The van der Waals surface area contributed by atoms with Crippen LogP contribution in [-0.2, 0) is 10.0 Å². The third-order valence-electron chi connectivity index (χ3n) is 5.73. The molecule has 0 saturated heterocycles. The quantitative estimate of drug-likeness (QED) is 0.294. The van der Waals surface area contributed by atoms with Crippen LogP contribution in [0.1, 0.15) is 43.7 Å². The van der Waals surface area contributed by atoms with Crippen LogP contribution in [0.2, 0.25) is 0 Å². The molecule has 2 aromatic heterocycles. The molecule has 0 bridgehead atoms. The lowest BCUT2D eigenvalue weighted by Gasteiger charge is -2.16. The second-order valence-corrected chi connectivity index (χ2v) is 11.0. The van der Waals surface area contributed by atoms with E-state index in [0.29, 0.717) is 17.2 Å². The van der Waals surface area contributed by atoms with E-state index in [0.717, 1.165) is 28.3 Å². The predicted octanol–water partition coefficient (Wildman–Crippen LogP) is 5.55. The number of aryl methyl sites for hydroxylation is 3. The lowest BCUT2D eigenvalue weighted by atomic mass is 10.1. The van der Waals surface area contributed by atoms with Gasteiger partial charge in [-0.25, -0.2) is 18.1 Å². The Kier molecular flexibility index (Phi) is 7.87. The fourth-order valence-electron chi connectivity index (χ4n) is 4.10. The van der Waals surface area contributed by atoms with Gasteiger partial charge in [-0.1, -0.05) is 17.7 Å². The topological polar surface area (TPSA) is 127 Å². The summed E-state index contributed by atoms with van der Waals surface area (Å²) in [5.74, 6) is 0.130. The number of pyridine rings is 2. The summed E-state index contributed by atoms with van der Waals surface area (Å²) < 4.78 is 39.5. The summed E-state index contributed by atoms with van der Waals surface area (Å²) in [4.78, 5) is 31.6. The van der Waals surface area contributed by atoms with Crippen LogP contribution >= 0.6 is 0 Å². The van der Waals surface area contributed by atoms with Crippen LogP contribution in [0.5, 0.6) is 17.4 Å². The fourth-order valence-corrected chi connectivity index (χ4v) is 5.13. The van der Waals surface area contributed by atoms with E-state index in [-0.39, 0.29) is 20.4 Å². The Morgan fingerprint density at radius 3 is 2.28 bits per heavy atom. The van der Waals surface area contributed by atoms with Crippen molar-refractivity contribution in [3.63, 3.8) is 0 Å². The number of hydrogen-bond acceptors (Lipinski definition) is 7. The summed E-state index contributed by atoms with van der Waals surface area (Å²) in [5.41, 5.74) is 2.97. The lowest BCUT2D eigenvalue weighted by Crippen LogP contribution is -2.34.